The van der Waals surface area contributed by atoms with Crippen LogP contribution in [-0.2, 0) is 0 Å². The van der Waals surface area contributed by atoms with Gasteiger partial charge < -0.3 is 4.74 Å². The van der Waals surface area contributed by atoms with Crippen molar-refractivity contribution in [3.8, 4) is 5.75 Å². The SMILES string of the molecule is COc1cccc([C@H]2CC(c3ccc(Br)cc3)=NN2c2ccccc2F)c1. The number of rotatable bonds is 4. The second kappa shape index (κ2) is 7.53. The smallest absolute Gasteiger partial charge is 0.148 e. The van der Waals surface area contributed by atoms with E-state index in [9.17, 15) is 4.39 Å². The zero-order valence-corrected chi connectivity index (χ0v) is 16.4. The molecule has 0 saturated carbocycles. The largest absolute Gasteiger partial charge is 0.497 e. The van der Waals surface area contributed by atoms with Crippen LogP contribution in [0.3, 0.4) is 0 Å². The van der Waals surface area contributed by atoms with Crippen molar-refractivity contribution < 1.29 is 9.13 Å². The Hall–Kier alpha value is -2.66. The van der Waals surface area contributed by atoms with E-state index >= 15 is 0 Å². The van der Waals surface area contributed by atoms with Gasteiger partial charge in [0.2, 0.25) is 0 Å². The van der Waals surface area contributed by atoms with Crippen molar-refractivity contribution in [2.75, 3.05) is 12.1 Å². The minimum atomic E-state index is -0.286. The molecule has 0 saturated heterocycles. The average Bonchev–Trinajstić information content (AvgIpc) is 3.14. The van der Waals surface area contributed by atoms with E-state index in [0.717, 1.165) is 27.1 Å². The van der Waals surface area contributed by atoms with Crippen LogP contribution in [0.25, 0.3) is 0 Å². The van der Waals surface area contributed by atoms with Crippen molar-refractivity contribution >= 4 is 27.3 Å². The molecule has 3 aromatic rings. The number of hydrogen-bond acceptors (Lipinski definition) is 3. The third kappa shape index (κ3) is 3.60. The lowest BCUT2D eigenvalue weighted by Gasteiger charge is -2.24. The molecule has 1 atom stereocenters. The Balaban J connectivity index is 1.78. The minimum Gasteiger partial charge on any atom is -0.497 e. The third-order valence-electron chi connectivity index (χ3n) is 4.67. The summed E-state index contributed by atoms with van der Waals surface area (Å²) in [5.41, 5.74) is 3.47. The molecule has 0 radical (unpaired) electrons. The maximum Gasteiger partial charge on any atom is 0.148 e. The highest BCUT2D eigenvalue weighted by molar-refractivity contribution is 9.10. The average molecular weight is 425 g/mol. The minimum absolute atomic E-state index is 0.101. The fraction of sp³-hybridized carbons (Fsp3) is 0.136. The molecule has 136 valence electrons. The first kappa shape index (κ1) is 17.7. The number of hydrazone groups is 1. The van der Waals surface area contributed by atoms with E-state index in [0.29, 0.717) is 12.1 Å². The molecule has 1 aliphatic heterocycles. The van der Waals surface area contributed by atoms with Crippen molar-refractivity contribution in [1.29, 1.82) is 0 Å². The molecule has 3 nitrogen and oxygen atoms in total. The van der Waals surface area contributed by atoms with Crippen LogP contribution < -0.4 is 9.75 Å². The number of benzene rings is 3. The van der Waals surface area contributed by atoms with Gasteiger partial charge in [-0.1, -0.05) is 52.3 Å². The summed E-state index contributed by atoms with van der Waals surface area (Å²) in [6.07, 6.45) is 0.684. The van der Waals surface area contributed by atoms with Crippen LogP contribution in [0.15, 0.2) is 82.4 Å². The molecule has 27 heavy (non-hydrogen) atoms. The summed E-state index contributed by atoms with van der Waals surface area (Å²) in [6.45, 7) is 0. The summed E-state index contributed by atoms with van der Waals surface area (Å²) in [4.78, 5) is 0. The Morgan fingerprint density at radius 1 is 1.04 bits per heavy atom. The van der Waals surface area contributed by atoms with E-state index in [1.807, 2.05) is 54.6 Å². The van der Waals surface area contributed by atoms with Crippen molar-refractivity contribution in [3.63, 3.8) is 0 Å². The molecule has 1 heterocycles. The summed E-state index contributed by atoms with van der Waals surface area (Å²) in [5, 5.41) is 6.57. The molecular weight excluding hydrogens is 407 g/mol. The van der Waals surface area contributed by atoms with Gasteiger partial charge in [-0.15, -0.1) is 0 Å². The van der Waals surface area contributed by atoms with Crippen LogP contribution in [-0.4, -0.2) is 12.8 Å². The van der Waals surface area contributed by atoms with Crippen molar-refractivity contribution in [3.05, 3.63) is 94.2 Å². The van der Waals surface area contributed by atoms with Crippen molar-refractivity contribution in [2.45, 2.75) is 12.5 Å². The van der Waals surface area contributed by atoms with Gasteiger partial charge in [-0.05, 0) is 47.5 Å². The van der Waals surface area contributed by atoms with E-state index in [1.165, 1.54) is 6.07 Å². The summed E-state index contributed by atoms with van der Waals surface area (Å²) in [5.74, 6) is 0.490. The molecule has 1 aliphatic rings. The first-order chi connectivity index (χ1) is 13.2. The second-order valence-corrected chi connectivity index (χ2v) is 7.26. The van der Waals surface area contributed by atoms with Gasteiger partial charge in [0.05, 0.1) is 24.6 Å². The lowest BCUT2D eigenvalue weighted by atomic mass is 9.98. The van der Waals surface area contributed by atoms with Crippen LogP contribution in [0.4, 0.5) is 10.1 Å². The third-order valence-corrected chi connectivity index (χ3v) is 5.19. The highest BCUT2D eigenvalue weighted by Gasteiger charge is 2.31. The summed E-state index contributed by atoms with van der Waals surface area (Å²) < 4.78 is 20.9. The number of halogens is 2. The maximum atomic E-state index is 14.5. The molecule has 5 heteroatoms. The Morgan fingerprint density at radius 2 is 1.81 bits per heavy atom. The predicted molar refractivity (Wildman–Crippen MR) is 110 cm³/mol. The van der Waals surface area contributed by atoms with Gasteiger partial charge in [0.25, 0.3) is 0 Å². The number of para-hydroxylation sites is 1. The zero-order chi connectivity index (χ0) is 18.8. The normalized spacial score (nSPS) is 16.3. The number of ether oxygens (including phenoxy) is 1. The van der Waals surface area contributed by atoms with E-state index in [2.05, 4.69) is 15.9 Å². The molecule has 3 aromatic carbocycles. The Labute approximate surface area is 166 Å². The van der Waals surface area contributed by atoms with E-state index in [4.69, 9.17) is 9.84 Å². The van der Waals surface area contributed by atoms with Gasteiger partial charge in [0.1, 0.15) is 11.6 Å². The van der Waals surface area contributed by atoms with Gasteiger partial charge in [0.15, 0.2) is 0 Å². The number of anilines is 1. The van der Waals surface area contributed by atoms with Gasteiger partial charge >= 0.3 is 0 Å². The monoisotopic (exact) mass is 424 g/mol. The molecule has 0 N–H and O–H groups in total. The quantitative estimate of drug-likeness (QED) is 0.516. The molecule has 0 amide bonds. The molecular formula is C22H18BrFN2O. The summed E-state index contributed by atoms with van der Waals surface area (Å²) in [7, 11) is 1.64. The number of methoxy groups -OCH3 is 1. The Bertz CT molecular complexity index is 988. The lowest BCUT2D eigenvalue weighted by molar-refractivity contribution is 0.414. The van der Waals surface area contributed by atoms with E-state index in [-0.39, 0.29) is 11.9 Å². The Kier molecular flexibility index (Phi) is 4.94. The zero-order valence-electron chi connectivity index (χ0n) is 14.8. The fourth-order valence-electron chi connectivity index (χ4n) is 3.30. The van der Waals surface area contributed by atoms with Gasteiger partial charge in [0, 0.05) is 10.9 Å². The highest BCUT2D eigenvalue weighted by Crippen LogP contribution is 2.38. The molecule has 4 rings (SSSR count). The standard InChI is InChI=1S/C22H18BrFN2O/c1-27-18-6-4-5-16(13-18)22-14-20(15-9-11-17(23)12-10-15)25-26(22)21-8-3-2-7-19(21)24/h2-13,22H,14H2,1H3/t22-/m1/s1. The van der Waals surface area contributed by atoms with E-state index < -0.39 is 0 Å². The molecule has 0 unspecified atom stereocenters. The van der Waals surface area contributed by atoms with Crippen molar-refractivity contribution in [2.24, 2.45) is 5.10 Å². The van der Waals surface area contributed by atoms with Gasteiger partial charge in [-0.3, -0.25) is 5.01 Å². The van der Waals surface area contributed by atoms with Crippen LogP contribution in [0.5, 0.6) is 5.75 Å². The molecule has 0 fully saturated rings. The lowest BCUT2D eigenvalue weighted by Crippen LogP contribution is -2.19. The van der Waals surface area contributed by atoms with E-state index in [1.54, 1.807) is 24.3 Å². The van der Waals surface area contributed by atoms with Crippen LogP contribution in [0, 0.1) is 5.82 Å². The molecule has 0 spiro atoms. The number of hydrogen-bond donors (Lipinski definition) is 0. The Morgan fingerprint density at radius 3 is 2.56 bits per heavy atom. The van der Waals surface area contributed by atoms with Gasteiger partial charge in [-0.25, -0.2) is 4.39 Å². The first-order valence-electron chi connectivity index (χ1n) is 8.67. The molecule has 0 aliphatic carbocycles. The van der Waals surface area contributed by atoms with Crippen LogP contribution in [0.2, 0.25) is 0 Å². The molecule has 0 aromatic heterocycles. The van der Waals surface area contributed by atoms with Crippen LogP contribution in [0.1, 0.15) is 23.6 Å². The maximum absolute atomic E-state index is 14.5. The fourth-order valence-corrected chi connectivity index (χ4v) is 3.56. The summed E-state index contributed by atoms with van der Waals surface area (Å²) >= 11 is 3.46. The van der Waals surface area contributed by atoms with Crippen LogP contribution >= 0.6 is 15.9 Å². The second-order valence-electron chi connectivity index (χ2n) is 6.35. The highest BCUT2D eigenvalue weighted by atomic mass is 79.9. The van der Waals surface area contributed by atoms with Gasteiger partial charge in [-0.2, -0.15) is 5.10 Å². The molecule has 0 bridgehead atoms. The topological polar surface area (TPSA) is 24.8 Å². The summed E-state index contributed by atoms with van der Waals surface area (Å²) in [6, 6.07) is 22.5. The predicted octanol–water partition coefficient (Wildman–Crippen LogP) is 5.95. The van der Waals surface area contributed by atoms with Crippen molar-refractivity contribution in [1.82, 2.24) is 0 Å². The number of nitrogens with zero attached hydrogens (tertiary/aromatic N) is 2. The first-order valence-corrected chi connectivity index (χ1v) is 9.46.